The van der Waals surface area contributed by atoms with Crippen LogP contribution in [0.3, 0.4) is 0 Å². The van der Waals surface area contributed by atoms with Gasteiger partial charge in [-0.15, -0.1) is 0 Å². The zero-order valence-electron chi connectivity index (χ0n) is 13.7. The summed E-state index contributed by atoms with van der Waals surface area (Å²) >= 11 is 0. The van der Waals surface area contributed by atoms with Gasteiger partial charge in [0.15, 0.2) is 0 Å². The highest BCUT2D eigenvalue weighted by molar-refractivity contribution is 5.92. The first-order valence-corrected chi connectivity index (χ1v) is 7.54. The summed E-state index contributed by atoms with van der Waals surface area (Å²) in [5.41, 5.74) is 0.517. The third-order valence-corrected chi connectivity index (χ3v) is 4.01. The number of amides is 1. The predicted octanol–water partition coefficient (Wildman–Crippen LogP) is 2.07. The molecule has 5 heteroatoms. The zero-order chi connectivity index (χ0) is 15.6. The number of aromatic nitrogens is 1. The van der Waals surface area contributed by atoms with E-state index in [4.69, 9.17) is 0 Å². The molecule has 2 rings (SSSR count). The van der Waals surface area contributed by atoms with E-state index in [2.05, 4.69) is 49.9 Å². The monoisotopic (exact) mass is 290 g/mol. The summed E-state index contributed by atoms with van der Waals surface area (Å²) in [4.78, 5) is 21.3. The van der Waals surface area contributed by atoms with Crippen molar-refractivity contribution in [2.75, 3.05) is 32.0 Å². The molecular weight excluding hydrogens is 264 g/mol. The molecule has 0 atom stereocenters. The molecule has 1 aliphatic heterocycles. The molecule has 0 bridgehead atoms. The maximum atomic E-state index is 12.6. The van der Waals surface area contributed by atoms with Crippen LogP contribution in [0, 0.1) is 0 Å². The Morgan fingerprint density at radius 2 is 2.05 bits per heavy atom. The molecule has 0 unspecified atom stereocenters. The quantitative estimate of drug-likeness (QED) is 0.926. The Morgan fingerprint density at radius 1 is 1.33 bits per heavy atom. The summed E-state index contributed by atoms with van der Waals surface area (Å²) in [6.45, 7) is 10.8. The summed E-state index contributed by atoms with van der Waals surface area (Å²) in [5.74, 6) is 0.771. The van der Waals surface area contributed by atoms with Crippen molar-refractivity contribution in [3.8, 4) is 0 Å². The van der Waals surface area contributed by atoms with Gasteiger partial charge in [0.25, 0.3) is 5.91 Å². The fourth-order valence-electron chi connectivity index (χ4n) is 2.51. The van der Waals surface area contributed by atoms with Crippen molar-refractivity contribution in [1.82, 2.24) is 14.8 Å². The van der Waals surface area contributed by atoms with Crippen molar-refractivity contribution in [2.24, 2.45) is 0 Å². The van der Waals surface area contributed by atoms with Crippen LogP contribution in [0.15, 0.2) is 18.2 Å². The third-order valence-electron chi connectivity index (χ3n) is 4.01. The van der Waals surface area contributed by atoms with Crippen LogP contribution >= 0.6 is 0 Å². The molecule has 1 aromatic rings. The van der Waals surface area contributed by atoms with Crippen molar-refractivity contribution < 1.29 is 4.79 Å². The Kier molecular flexibility index (Phi) is 4.52. The molecule has 0 spiro atoms. The van der Waals surface area contributed by atoms with Crippen LogP contribution < -0.4 is 5.32 Å². The Labute approximate surface area is 127 Å². The third kappa shape index (κ3) is 3.73. The van der Waals surface area contributed by atoms with E-state index in [-0.39, 0.29) is 11.4 Å². The smallest absolute Gasteiger partial charge is 0.272 e. The number of likely N-dealkylation sites (N-methyl/N-ethyl adjacent to an activating group) is 1. The first-order valence-electron chi connectivity index (χ1n) is 7.54. The second kappa shape index (κ2) is 6.02. The van der Waals surface area contributed by atoms with Crippen molar-refractivity contribution >= 4 is 11.7 Å². The van der Waals surface area contributed by atoms with E-state index in [0.29, 0.717) is 11.7 Å². The largest absolute Gasteiger partial charge is 0.368 e. The molecule has 0 saturated carbocycles. The number of piperazine rings is 1. The van der Waals surface area contributed by atoms with Crippen molar-refractivity contribution in [2.45, 2.75) is 39.3 Å². The van der Waals surface area contributed by atoms with Crippen LogP contribution in [0.5, 0.6) is 0 Å². The summed E-state index contributed by atoms with van der Waals surface area (Å²) in [6, 6.07) is 5.86. The summed E-state index contributed by atoms with van der Waals surface area (Å²) in [7, 11) is 2.10. The van der Waals surface area contributed by atoms with E-state index in [1.807, 2.05) is 17.0 Å². The lowest BCUT2D eigenvalue weighted by atomic mass is 9.99. The minimum Gasteiger partial charge on any atom is -0.368 e. The van der Waals surface area contributed by atoms with Crippen LogP contribution in [0.4, 0.5) is 5.82 Å². The molecule has 1 N–H and O–H groups in total. The highest BCUT2D eigenvalue weighted by atomic mass is 16.2. The summed E-state index contributed by atoms with van der Waals surface area (Å²) in [5, 5.41) is 3.24. The fraction of sp³-hybridized carbons (Fsp3) is 0.625. The van der Waals surface area contributed by atoms with Gasteiger partial charge in [0.1, 0.15) is 11.5 Å². The minimum atomic E-state index is 0.00169. The molecule has 1 aromatic heterocycles. The summed E-state index contributed by atoms with van der Waals surface area (Å²) < 4.78 is 0. The molecule has 1 fully saturated rings. The van der Waals surface area contributed by atoms with Gasteiger partial charge in [-0.25, -0.2) is 4.98 Å². The molecule has 116 valence electrons. The summed E-state index contributed by atoms with van der Waals surface area (Å²) in [6.07, 6.45) is 0. The number of hydrogen-bond acceptors (Lipinski definition) is 4. The average molecular weight is 290 g/mol. The number of nitrogens with zero attached hydrogens (tertiary/aromatic N) is 3. The predicted molar refractivity (Wildman–Crippen MR) is 85.6 cm³/mol. The van der Waals surface area contributed by atoms with Crippen LogP contribution in [-0.4, -0.2) is 59.0 Å². The maximum absolute atomic E-state index is 12.6. The van der Waals surface area contributed by atoms with Crippen LogP contribution in [0.2, 0.25) is 0 Å². The number of anilines is 1. The van der Waals surface area contributed by atoms with Gasteiger partial charge < -0.3 is 10.2 Å². The SMILES string of the molecule is CC(C)Nc1cccc(C(=O)N2CCN(C)C(C)(C)C2)n1. The van der Waals surface area contributed by atoms with Gasteiger partial charge in [-0.2, -0.15) is 0 Å². The molecular formula is C16H26N4O. The van der Waals surface area contributed by atoms with E-state index in [0.717, 1.165) is 25.5 Å². The second-order valence-corrected chi connectivity index (χ2v) is 6.67. The average Bonchev–Trinajstić information content (AvgIpc) is 2.40. The van der Waals surface area contributed by atoms with Crippen LogP contribution in [0.1, 0.15) is 38.2 Å². The lowest BCUT2D eigenvalue weighted by Crippen LogP contribution is -2.58. The normalized spacial score (nSPS) is 18.9. The fourth-order valence-corrected chi connectivity index (χ4v) is 2.51. The molecule has 0 radical (unpaired) electrons. The minimum absolute atomic E-state index is 0.00169. The highest BCUT2D eigenvalue weighted by Crippen LogP contribution is 2.20. The van der Waals surface area contributed by atoms with Gasteiger partial charge in [-0.3, -0.25) is 9.69 Å². The van der Waals surface area contributed by atoms with Gasteiger partial charge in [0.05, 0.1) is 0 Å². The highest BCUT2D eigenvalue weighted by Gasteiger charge is 2.33. The van der Waals surface area contributed by atoms with Crippen molar-refractivity contribution in [3.05, 3.63) is 23.9 Å². The van der Waals surface area contributed by atoms with Crippen LogP contribution in [-0.2, 0) is 0 Å². The number of rotatable bonds is 3. The molecule has 1 amide bonds. The first-order chi connectivity index (χ1) is 9.79. The van der Waals surface area contributed by atoms with Crippen LogP contribution in [0.25, 0.3) is 0 Å². The molecule has 0 aromatic carbocycles. The number of nitrogens with one attached hydrogen (secondary N) is 1. The topological polar surface area (TPSA) is 48.5 Å². The Bertz CT molecular complexity index is 513. The van der Waals surface area contributed by atoms with Crippen molar-refractivity contribution in [3.63, 3.8) is 0 Å². The number of carbonyl (C=O) groups excluding carboxylic acids is 1. The Balaban J connectivity index is 2.13. The van der Waals surface area contributed by atoms with Crippen molar-refractivity contribution in [1.29, 1.82) is 0 Å². The van der Waals surface area contributed by atoms with E-state index >= 15 is 0 Å². The standard InChI is InChI=1S/C16H26N4O/c1-12(2)17-14-8-6-7-13(18-14)15(21)20-10-9-19(5)16(3,4)11-20/h6-8,12H,9-11H2,1-5H3,(H,17,18). The molecule has 5 nitrogen and oxygen atoms in total. The number of hydrogen-bond donors (Lipinski definition) is 1. The zero-order valence-corrected chi connectivity index (χ0v) is 13.7. The molecule has 1 saturated heterocycles. The van der Waals surface area contributed by atoms with Gasteiger partial charge >= 0.3 is 0 Å². The number of carbonyl (C=O) groups is 1. The first kappa shape index (κ1) is 15.8. The maximum Gasteiger partial charge on any atom is 0.272 e. The van der Waals surface area contributed by atoms with E-state index in [1.165, 1.54) is 0 Å². The Morgan fingerprint density at radius 3 is 2.67 bits per heavy atom. The van der Waals surface area contributed by atoms with Gasteiger partial charge in [0.2, 0.25) is 0 Å². The van der Waals surface area contributed by atoms with E-state index < -0.39 is 0 Å². The van der Waals surface area contributed by atoms with Gasteiger partial charge in [-0.1, -0.05) is 6.07 Å². The Hall–Kier alpha value is -1.62. The van der Waals surface area contributed by atoms with E-state index in [9.17, 15) is 4.79 Å². The lowest BCUT2D eigenvalue weighted by Gasteiger charge is -2.45. The lowest BCUT2D eigenvalue weighted by molar-refractivity contribution is 0.0307. The molecule has 21 heavy (non-hydrogen) atoms. The molecule has 2 heterocycles. The van der Waals surface area contributed by atoms with Gasteiger partial charge in [-0.05, 0) is 46.9 Å². The molecule has 1 aliphatic rings. The second-order valence-electron chi connectivity index (χ2n) is 6.67. The van der Waals surface area contributed by atoms with Gasteiger partial charge in [0, 0.05) is 31.2 Å². The molecule has 0 aliphatic carbocycles. The number of pyridine rings is 1. The van der Waals surface area contributed by atoms with E-state index in [1.54, 1.807) is 6.07 Å².